The Hall–Kier alpha value is -4.68. The van der Waals surface area contributed by atoms with Gasteiger partial charge in [-0.2, -0.15) is 0 Å². The quantitative estimate of drug-likeness (QED) is 0.211. The third kappa shape index (κ3) is 6.39. The predicted molar refractivity (Wildman–Crippen MR) is 152 cm³/mol. The molecule has 0 fully saturated rings. The number of furan rings is 1. The molecule has 3 aromatic carbocycles. The lowest BCUT2D eigenvalue weighted by molar-refractivity contribution is -0.140. The molecule has 0 spiro atoms. The lowest BCUT2D eigenvalue weighted by Gasteiger charge is -2.34. The standard InChI is InChI=1S/C29H28N2O9S/c1-16(2)26(29(35)36)31(41(37)38)21-13-9-19(10-14-21)18-7-11-20(12-8-18)30-28(34)27-17(3)25-22(39-15-24(32)33)5-4-6-23(25)40-27/h4-14,16,26H,15H2,1-3H3,(H,30,34)(H,32,33)(H,35,36)(H,37,38)/p-1. The SMILES string of the molecule is Cc1c(C(=O)Nc2ccc(-c3ccc(N(C(C(=O)O)C(C)C)S(=O)[O-])cc3)cc2)oc2cccc(OCC(=O)O)c12. The lowest BCUT2D eigenvalue weighted by atomic mass is 10.0. The molecular weight excluding hydrogens is 552 g/mol. The molecule has 1 aromatic heterocycles. The van der Waals surface area contributed by atoms with Crippen LogP contribution in [0.3, 0.4) is 0 Å². The minimum atomic E-state index is -2.79. The van der Waals surface area contributed by atoms with Crippen molar-refractivity contribution in [2.45, 2.75) is 26.8 Å². The Morgan fingerprint density at radius 3 is 2.15 bits per heavy atom. The molecule has 0 aliphatic rings. The first-order valence-corrected chi connectivity index (χ1v) is 13.5. The van der Waals surface area contributed by atoms with E-state index in [0.29, 0.717) is 28.0 Å². The summed E-state index contributed by atoms with van der Waals surface area (Å²) in [4.78, 5) is 35.6. The van der Waals surface area contributed by atoms with Crippen molar-refractivity contribution in [3.8, 4) is 16.9 Å². The van der Waals surface area contributed by atoms with Crippen LogP contribution in [0.25, 0.3) is 22.1 Å². The highest BCUT2D eigenvalue weighted by atomic mass is 32.2. The highest BCUT2D eigenvalue weighted by molar-refractivity contribution is 7.80. The fourth-order valence-corrected chi connectivity index (χ4v) is 5.29. The monoisotopic (exact) mass is 579 g/mol. The number of nitrogens with one attached hydrogen (secondary N) is 1. The van der Waals surface area contributed by atoms with E-state index in [4.69, 9.17) is 14.3 Å². The molecule has 4 rings (SSSR count). The van der Waals surface area contributed by atoms with Crippen LogP contribution in [0.4, 0.5) is 11.4 Å². The smallest absolute Gasteiger partial charge is 0.341 e. The van der Waals surface area contributed by atoms with Gasteiger partial charge in [0.2, 0.25) is 0 Å². The maximum absolute atomic E-state index is 13.0. The molecule has 1 amide bonds. The predicted octanol–water partition coefficient (Wildman–Crippen LogP) is 4.83. The Labute approximate surface area is 237 Å². The fourth-order valence-electron chi connectivity index (χ4n) is 4.47. The fraction of sp³-hybridized carbons (Fsp3) is 0.207. The van der Waals surface area contributed by atoms with Crippen LogP contribution >= 0.6 is 0 Å². The number of nitrogens with zero attached hydrogens (tertiary/aromatic N) is 1. The number of ether oxygens (including phenoxy) is 1. The van der Waals surface area contributed by atoms with Crippen molar-refractivity contribution in [3.63, 3.8) is 0 Å². The van der Waals surface area contributed by atoms with Crippen molar-refractivity contribution < 1.29 is 42.5 Å². The van der Waals surface area contributed by atoms with E-state index in [1.807, 2.05) is 0 Å². The highest BCUT2D eigenvalue weighted by Gasteiger charge is 2.30. The highest BCUT2D eigenvalue weighted by Crippen LogP contribution is 2.34. The van der Waals surface area contributed by atoms with Crippen molar-refractivity contribution >= 4 is 51.5 Å². The minimum absolute atomic E-state index is 0.0624. The summed E-state index contributed by atoms with van der Waals surface area (Å²) in [5, 5.41) is 21.8. The number of benzene rings is 3. The van der Waals surface area contributed by atoms with Crippen LogP contribution in [-0.4, -0.2) is 49.5 Å². The van der Waals surface area contributed by atoms with Crippen LogP contribution in [0, 0.1) is 12.8 Å². The topological polar surface area (TPSA) is 169 Å². The number of carbonyl (C=O) groups excluding carboxylic acids is 1. The van der Waals surface area contributed by atoms with Crippen LogP contribution in [0.2, 0.25) is 0 Å². The Kier molecular flexibility index (Phi) is 8.74. The molecule has 214 valence electrons. The van der Waals surface area contributed by atoms with Crippen LogP contribution in [0.15, 0.2) is 71.1 Å². The molecule has 1 heterocycles. The zero-order valence-electron chi connectivity index (χ0n) is 22.3. The Balaban J connectivity index is 1.51. The molecule has 0 aliphatic heterocycles. The number of carboxylic acids is 2. The van der Waals surface area contributed by atoms with Gasteiger partial charge in [-0.3, -0.25) is 13.3 Å². The Morgan fingerprint density at radius 1 is 1.00 bits per heavy atom. The van der Waals surface area contributed by atoms with Crippen LogP contribution < -0.4 is 14.4 Å². The first kappa shape index (κ1) is 29.3. The van der Waals surface area contributed by atoms with E-state index >= 15 is 0 Å². The summed E-state index contributed by atoms with van der Waals surface area (Å²) in [7, 11) is 0. The summed E-state index contributed by atoms with van der Waals surface area (Å²) in [6.07, 6.45) is 0. The average Bonchev–Trinajstić information content (AvgIpc) is 3.27. The van der Waals surface area contributed by atoms with Crippen LogP contribution in [0.5, 0.6) is 5.75 Å². The van der Waals surface area contributed by atoms with Gasteiger partial charge in [0.1, 0.15) is 17.4 Å². The van der Waals surface area contributed by atoms with Crippen LogP contribution in [-0.2, 0) is 20.9 Å². The van der Waals surface area contributed by atoms with Gasteiger partial charge in [0.25, 0.3) is 5.91 Å². The molecule has 2 unspecified atom stereocenters. The third-order valence-corrected chi connectivity index (χ3v) is 7.13. The van der Waals surface area contributed by atoms with E-state index in [2.05, 4.69) is 5.32 Å². The van der Waals surface area contributed by atoms with E-state index in [1.54, 1.807) is 75.4 Å². The van der Waals surface area contributed by atoms with Crippen molar-refractivity contribution in [1.82, 2.24) is 0 Å². The summed E-state index contributed by atoms with van der Waals surface area (Å²) in [6.45, 7) is 4.43. The number of rotatable bonds is 11. The molecular formula is C29H27N2O9S-. The van der Waals surface area contributed by atoms with Crippen molar-refractivity contribution in [1.29, 1.82) is 0 Å². The second-order valence-corrected chi connectivity index (χ2v) is 10.3. The number of carbonyl (C=O) groups is 3. The largest absolute Gasteiger partial charge is 0.755 e. The van der Waals surface area contributed by atoms with Crippen molar-refractivity contribution in [2.75, 3.05) is 16.2 Å². The average molecular weight is 580 g/mol. The number of hydrogen-bond donors (Lipinski definition) is 3. The van der Waals surface area contributed by atoms with E-state index in [9.17, 15) is 28.3 Å². The molecule has 0 bridgehead atoms. The number of amides is 1. The van der Waals surface area contributed by atoms with Gasteiger partial charge in [-0.05, 0) is 60.4 Å². The van der Waals surface area contributed by atoms with Gasteiger partial charge in [-0.1, -0.05) is 44.2 Å². The molecule has 3 N–H and O–H groups in total. The summed E-state index contributed by atoms with van der Waals surface area (Å²) in [6, 6.07) is 17.0. The van der Waals surface area contributed by atoms with E-state index < -0.39 is 47.7 Å². The normalized spacial score (nSPS) is 12.6. The van der Waals surface area contributed by atoms with Gasteiger partial charge >= 0.3 is 11.9 Å². The summed E-state index contributed by atoms with van der Waals surface area (Å²) in [5.74, 6) is -2.96. The Bertz CT molecular complexity index is 1610. The van der Waals surface area contributed by atoms with Gasteiger partial charge in [-0.15, -0.1) is 0 Å². The second kappa shape index (κ2) is 12.2. The second-order valence-electron chi connectivity index (χ2n) is 9.52. The maximum Gasteiger partial charge on any atom is 0.341 e. The first-order valence-electron chi connectivity index (χ1n) is 12.5. The van der Waals surface area contributed by atoms with Crippen molar-refractivity contribution in [3.05, 3.63) is 78.1 Å². The third-order valence-electron chi connectivity index (χ3n) is 6.37. The van der Waals surface area contributed by atoms with Crippen LogP contribution in [0.1, 0.15) is 30.0 Å². The van der Waals surface area contributed by atoms with E-state index in [0.717, 1.165) is 15.4 Å². The zero-order chi connectivity index (χ0) is 29.8. The molecule has 0 saturated carbocycles. The van der Waals surface area contributed by atoms with Gasteiger partial charge in [-0.25, -0.2) is 9.59 Å². The zero-order valence-corrected chi connectivity index (χ0v) is 23.1. The molecule has 0 aliphatic carbocycles. The van der Waals surface area contributed by atoms with Crippen molar-refractivity contribution in [2.24, 2.45) is 5.92 Å². The minimum Gasteiger partial charge on any atom is -0.755 e. The number of aryl methyl sites for hydroxylation is 1. The first-order chi connectivity index (χ1) is 19.5. The van der Waals surface area contributed by atoms with Gasteiger partial charge < -0.3 is 29.2 Å². The summed E-state index contributed by atoms with van der Waals surface area (Å²) < 4.78 is 35.7. The number of aliphatic carboxylic acids is 2. The maximum atomic E-state index is 13.0. The molecule has 41 heavy (non-hydrogen) atoms. The number of carboxylic acid groups (broad SMARTS) is 2. The summed E-state index contributed by atoms with van der Waals surface area (Å²) in [5.41, 5.74) is 3.14. The number of anilines is 2. The Morgan fingerprint density at radius 2 is 1.61 bits per heavy atom. The molecule has 2 atom stereocenters. The van der Waals surface area contributed by atoms with Gasteiger partial charge in [0.05, 0.1) is 5.39 Å². The van der Waals surface area contributed by atoms with E-state index in [-0.39, 0.29) is 11.4 Å². The number of fused-ring (bicyclic) bond motifs is 1. The lowest BCUT2D eigenvalue weighted by Crippen LogP contribution is -2.45. The summed E-state index contributed by atoms with van der Waals surface area (Å²) >= 11 is -2.79. The molecule has 0 radical (unpaired) electrons. The molecule has 0 saturated heterocycles. The molecule has 12 heteroatoms. The molecule has 4 aromatic rings. The van der Waals surface area contributed by atoms with Gasteiger partial charge in [0, 0.05) is 28.2 Å². The van der Waals surface area contributed by atoms with Gasteiger partial charge in [0.15, 0.2) is 12.4 Å². The number of hydrogen-bond acceptors (Lipinski definition) is 7. The van der Waals surface area contributed by atoms with E-state index in [1.165, 1.54) is 12.1 Å². The molecule has 11 nitrogen and oxygen atoms in total.